The zero-order valence-corrected chi connectivity index (χ0v) is 9.60. The molecule has 0 aliphatic heterocycles. The smallest absolute Gasteiger partial charge is 0.435 e. The maximum absolute atomic E-state index is 11.3. The predicted octanol–water partition coefficient (Wildman–Crippen LogP) is 2.22. The third-order valence-corrected chi connectivity index (χ3v) is 2.82. The molecule has 0 saturated carbocycles. The van der Waals surface area contributed by atoms with Crippen LogP contribution in [0.3, 0.4) is 0 Å². The maximum atomic E-state index is 11.3. The Morgan fingerprint density at radius 2 is 2.00 bits per heavy atom. The molecule has 0 fully saturated rings. The highest BCUT2D eigenvalue weighted by molar-refractivity contribution is 5.62. The van der Waals surface area contributed by atoms with Crippen LogP contribution in [-0.2, 0) is 22.3 Å². The predicted molar refractivity (Wildman–Crippen MR) is 60.3 cm³/mol. The van der Waals surface area contributed by atoms with Gasteiger partial charge in [0.25, 0.3) is 0 Å². The van der Waals surface area contributed by atoms with E-state index in [0.29, 0.717) is 12.8 Å². The molecule has 0 saturated heterocycles. The number of carbonyl (C=O) groups is 1. The molecular formula is C13H13NO3. The number of rotatable bonds is 2. The van der Waals surface area contributed by atoms with Crippen molar-refractivity contribution in [3.63, 3.8) is 0 Å². The molecule has 0 radical (unpaired) electrons. The number of ether oxygens (including phenoxy) is 2. The van der Waals surface area contributed by atoms with Gasteiger partial charge in [0.05, 0.1) is 6.61 Å². The molecule has 0 bridgehead atoms. The van der Waals surface area contributed by atoms with Gasteiger partial charge in [-0.2, -0.15) is 5.26 Å². The van der Waals surface area contributed by atoms with Crippen molar-refractivity contribution >= 4 is 6.16 Å². The Bertz CT molecular complexity index is 451. The Kier molecular flexibility index (Phi) is 3.01. The summed E-state index contributed by atoms with van der Waals surface area (Å²) in [6.45, 7) is 1.94. The third kappa shape index (κ3) is 2.23. The summed E-state index contributed by atoms with van der Waals surface area (Å²) in [5, 5.41) is 9.22. The highest BCUT2D eigenvalue weighted by Crippen LogP contribution is 2.32. The van der Waals surface area contributed by atoms with Crippen molar-refractivity contribution in [2.24, 2.45) is 0 Å². The second kappa shape index (κ2) is 4.46. The van der Waals surface area contributed by atoms with Gasteiger partial charge in [-0.1, -0.05) is 24.3 Å². The Morgan fingerprint density at radius 3 is 2.47 bits per heavy atom. The van der Waals surface area contributed by atoms with Crippen molar-refractivity contribution in [1.29, 1.82) is 5.26 Å². The third-order valence-electron chi connectivity index (χ3n) is 2.82. The average molecular weight is 231 g/mol. The SMILES string of the molecule is CCOC(=O)OC1(C#N)Cc2ccccc2C1. The molecule has 0 amide bonds. The molecule has 0 atom stereocenters. The molecule has 17 heavy (non-hydrogen) atoms. The second-order valence-corrected chi connectivity index (χ2v) is 4.01. The van der Waals surface area contributed by atoms with E-state index in [1.807, 2.05) is 24.3 Å². The van der Waals surface area contributed by atoms with Gasteiger partial charge < -0.3 is 9.47 Å². The van der Waals surface area contributed by atoms with Crippen LogP contribution in [0.4, 0.5) is 4.79 Å². The highest BCUT2D eigenvalue weighted by atomic mass is 16.7. The number of nitriles is 1. The van der Waals surface area contributed by atoms with Crippen molar-refractivity contribution < 1.29 is 14.3 Å². The fourth-order valence-electron chi connectivity index (χ4n) is 2.06. The Labute approximate surface area is 99.8 Å². The normalized spacial score (nSPS) is 15.8. The van der Waals surface area contributed by atoms with E-state index in [9.17, 15) is 10.1 Å². The van der Waals surface area contributed by atoms with Crippen LogP contribution < -0.4 is 0 Å². The first-order valence-electron chi connectivity index (χ1n) is 5.53. The number of carbonyl (C=O) groups excluding carboxylic acids is 1. The zero-order valence-electron chi connectivity index (χ0n) is 9.60. The zero-order chi connectivity index (χ0) is 12.3. The van der Waals surface area contributed by atoms with Crippen molar-refractivity contribution in [1.82, 2.24) is 0 Å². The van der Waals surface area contributed by atoms with E-state index in [1.165, 1.54) is 0 Å². The monoisotopic (exact) mass is 231 g/mol. The van der Waals surface area contributed by atoms with Crippen LogP contribution in [-0.4, -0.2) is 18.4 Å². The molecule has 0 N–H and O–H groups in total. The van der Waals surface area contributed by atoms with E-state index in [4.69, 9.17) is 9.47 Å². The molecule has 1 aliphatic carbocycles. The summed E-state index contributed by atoms with van der Waals surface area (Å²) in [7, 11) is 0. The van der Waals surface area contributed by atoms with Gasteiger partial charge >= 0.3 is 6.16 Å². The molecule has 2 rings (SSSR count). The minimum Gasteiger partial charge on any atom is -0.435 e. The van der Waals surface area contributed by atoms with Crippen molar-refractivity contribution in [3.05, 3.63) is 35.4 Å². The Balaban J connectivity index is 2.16. The van der Waals surface area contributed by atoms with Gasteiger partial charge in [-0.3, -0.25) is 0 Å². The van der Waals surface area contributed by atoms with Crippen LogP contribution in [0, 0.1) is 11.3 Å². The molecule has 0 unspecified atom stereocenters. The van der Waals surface area contributed by atoms with Crippen LogP contribution in [0.25, 0.3) is 0 Å². The summed E-state index contributed by atoms with van der Waals surface area (Å²) in [4.78, 5) is 11.3. The van der Waals surface area contributed by atoms with E-state index in [0.717, 1.165) is 11.1 Å². The molecule has 4 nitrogen and oxygen atoms in total. The number of hydrogen-bond donors (Lipinski definition) is 0. The van der Waals surface area contributed by atoms with Gasteiger partial charge in [0.15, 0.2) is 0 Å². The van der Waals surface area contributed by atoms with E-state index < -0.39 is 11.8 Å². The van der Waals surface area contributed by atoms with E-state index in [-0.39, 0.29) is 6.61 Å². The summed E-state index contributed by atoms with van der Waals surface area (Å²) < 4.78 is 9.87. The van der Waals surface area contributed by atoms with Gasteiger partial charge in [0.1, 0.15) is 6.07 Å². The molecule has 0 aromatic heterocycles. The number of benzene rings is 1. The molecule has 1 aromatic rings. The molecular weight excluding hydrogens is 218 g/mol. The summed E-state index contributed by atoms with van der Waals surface area (Å²) in [5.41, 5.74) is 1.01. The summed E-state index contributed by atoms with van der Waals surface area (Å²) in [5.74, 6) is 0. The van der Waals surface area contributed by atoms with Crippen LogP contribution in [0.2, 0.25) is 0 Å². The first-order chi connectivity index (χ1) is 8.19. The highest BCUT2D eigenvalue weighted by Gasteiger charge is 2.41. The molecule has 4 heteroatoms. The number of hydrogen-bond acceptors (Lipinski definition) is 4. The summed E-state index contributed by atoms with van der Waals surface area (Å²) in [6, 6.07) is 9.81. The van der Waals surface area contributed by atoms with Crippen molar-refractivity contribution in [3.8, 4) is 6.07 Å². The fourth-order valence-corrected chi connectivity index (χ4v) is 2.06. The molecule has 0 spiro atoms. The Morgan fingerprint density at radius 1 is 1.41 bits per heavy atom. The summed E-state index contributed by atoms with van der Waals surface area (Å²) in [6.07, 6.45) is 0.0821. The molecule has 0 heterocycles. The largest absolute Gasteiger partial charge is 0.509 e. The van der Waals surface area contributed by atoms with Gasteiger partial charge in [-0.05, 0) is 18.1 Å². The van der Waals surface area contributed by atoms with Crippen LogP contribution in [0.5, 0.6) is 0 Å². The van der Waals surface area contributed by atoms with E-state index in [1.54, 1.807) is 6.92 Å². The van der Waals surface area contributed by atoms with Gasteiger partial charge in [-0.15, -0.1) is 0 Å². The van der Waals surface area contributed by atoms with Gasteiger partial charge in [0, 0.05) is 12.8 Å². The summed E-state index contributed by atoms with van der Waals surface area (Å²) >= 11 is 0. The minimum atomic E-state index is -1.10. The lowest BCUT2D eigenvalue weighted by molar-refractivity contribution is -0.0000144. The number of fused-ring (bicyclic) bond motifs is 1. The van der Waals surface area contributed by atoms with Crippen molar-refractivity contribution in [2.45, 2.75) is 25.4 Å². The first kappa shape index (κ1) is 11.5. The van der Waals surface area contributed by atoms with E-state index in [2.05, 4.69) is 6.07 Å². The lowest BCUT2D eigenvalue weighted by Gasteiger charge is -2.20. The second-order valence-electron chi connectivity index (χ2n) is 4.01. The van der Waals surface area contributed by atoms with Crippen molar-refractivity contribution in [2.75, 3.05) is 6.61 Å². The Hall–Kier alpha value is -2.02. The quantitative estimate of drug-likeness (QED) is 0.732. The van der Waals surface area contributed by atoms with Crippen LogP contribution in [0.1, 0.15) is 18.1 Å². The van der Waals surface area contributed by atoms with Crippen LogP contribution in [0.15, 0.2) is 24.3 Å². The van der Waals surface area contributed by atoms with Gasteiger partial charge in [0.2, 0.25) is 5.60 Å². The molecule has 1 aromatic carbocycles. The maximum Gasteiger partial charge on any atom is 0.509 e. The lowest BCUT2D eigenvalue weighted by Crippen LogP contribution is -2.34. The lowest BCUT2D eigenvalue weighted by atomic mass is 10.0. The van der Waals surface area contributed by atoms with Gasteiger partial charge in [-0.25, -0.2) is 4.79 Å². The number of nitrogens with zero attached hydrogens (tertiary/aromatic N) is 1. The van der Waals surface area contributed by atoms with E-state index >= 15 is 0 Å². The average Bonchev–Trinajstić information content (AvgIpc) is 2.67. The fraction of sp³-hybridized carbons (Fsp3) is 0.385. The van der Waals surface area contributed by atoms with Crippen LogP contribution >= 0.6 is 0 Å². The topological polar surface area (TPSA) is 59.3 Å². The first-order valence-corrected chi connectivity index (χ1v) is 5.53. The molecule has 1 aliphatic rings. The standard InChI is InChI=1S/C13H13NO3/c1-2-16-12(15)17-13(9-14)7-10-5-3-4-6-11(10)8-13/h3-6H,2,7-8H2,1H3. The molecule has 88 valence electrons. The minimum absolute atomic E-state index is 0.243.